The number of rotatable bonds is 2. The van der Waals surface area contributed by atoms with Crippen molar-refractivity contribution in [2.75, 3.05) is 19.8 Å². The van der Waals surface area contributed by atoms with Crippen LogP contribution < -0.4 is 0 Å². The van der Waals surface area contributed by atoms with Crippen LogP contribution in [0.4, 0.5) is 0 Å². The smallest absolute Gasteiger partial charge is 0.226 e. The molecule has 1 aromatic heterocycles. The van der Waals surface area contributed by atoms with Crippen molar-refractivity contribution in [1.29, 1.82) is 0 Å². The van der Waals surface area contributed by atoms with Crippen LogP contribution in [0, 0.1) is 5.92 Å². The van der Waals surface area contributed by atoms with E-state index in [0.717, 1.165) is 57.8 Å². The van der Waals surface area contributed by atoms with Crippen LogP contribution in [0.3, 0.4) is 0 Å². The number of fused-ring (bicyclic) bond motifs is 1. The second kappa shape index (κ2) is 5.95. The first kappa shape index (κ1) is 13.6. The van der Waals surface area contributed by atoms with E-state index in [2.05, 4.69) is 21.4 Å². The Bertz CT molecular complexity index is 465. The molecule has 0 saturated carbocycles. The minimum Gasteiger partial charge on any atom is -0.381 e. The molecule has 0 spiro atoms. The lowest BCUT2D eigenvalue weighted by atomic mass is 9.97. The quantitative estimate of drug-likeness (QED) is 0.830. The van der Waals surface area contributed by atoms with Gasteiger partial charge >= 0.3 is 0 Å². The third-order valence-electron chi connectivity index (χ3n) is 4.46. The summed E-state index contributed by atoms with van der Waals surface area (Å²) in [6, 6.07) is 0.128. The summed E-state index contributed by atoms with van der Waals surface area (Å²) in [6.45, 7) is 5.38. The first-order chi connectivity index (χ1) is 9.81. The molecule has 3 rings (SSSR count). The number of hydrogen-bond donors (Lipinski definition) is 0. The number of ether oxygens (including phenoxy) is 1. The van der Waals surface area contributed by atoms with Crippen LogP contribution in [0.2, 0.25) is 0 Å². The van der Waals surface area contributed by atoms with Crippen molar-refractivity contribution in [3.63, 3.8) is 0 Å². The Morgan fingerprint density at radius 1 is 1.40 bits per heavy atom. The second-order valence-electron chi connectivity index (χ2n) is 5.67. The molecule has 0 bridgehead atoms. The fourth-order valence-electron chi connectivity index (χ4n) is 3.36. The lowest BCUT2D eigenvalue weighted by Crippen LogP contribution is -2.41. The normalized spacial score (nSPS) is 24.2. The highest BCUT2D eigenvalue weighted by molar-refractivity contribution is 5.79. The van der Waals surface area contributed by atoms with Crippen LogP contribution >= 0.6 is 0 Å². The minimum atomic E-state index is 0.128. The van der Waals surface area contributed by atoms with Crippen molar-refractivity contribution in [3.8, 4) is 0 Å². The number of carbonyl (C=O) groups is 1. The fourth-order valence-corrected chi connectivity index (χ4v) is 3.36. The first-order valence-electron chi connectivity index (χ1n) is 7.70. The van der Waals surface area contributed by atoms with Crippen LogP contribution in [-0.4, -0.2) is 40.1 Å². The third-order valence-corrected chi connectivity index (χ3v) is 4.46. The summed E-state index contributed by atoms with van der Waals surface area (Å²) in [6.07, 6.45) is 7.53. The standard InChI is InChI=1S/C15H23N3O2/c1-2-13-14-16-6-9-17(14)7-3-8-18(13)15(19)12-4-10-20-11-5-12/h6,9,12-13H,2-5,7-8,10-11H2,1H3. The van der Waals surface area contributed by atoms with Gasteiger partial charge in [0.15, 0.2) is 0 Å². The van der Waals surface area contributed by atoms with Gasteiger partial charge in [0.25, 0.3) is 0 Å². The van der Waals surface area contributed by atoms with Crippen molar-refractivity contribution in [2.45, 2.75) is 45.2 Å². The van der Waals surface area contributed by atoms with Gasteiger partial charge in [-0.2, -0.15) is 0 Å². The van der Waals surface area contributed by atoms with E-state index in [9.17, 15) is 4.79 Å². The molecule has 0 aliphatic carbocycles. The molecule has 1 aromatic rings. The Kier molecular flexibility index (Phi) is 4.05. The summed E-state index contributed by atoms with van der Waals surface area (Å²) in [5.74, 6) is 1.49. The topological polar surface area (TPSA) is 47.4 Å². The monoisotopic (exact) mass is 277 g/mol. The molecule has 0 N–H and O–H groups in total. The molecule has 1 amide bonds. The van der Waals surface area contributed by atoms with Gasteiger partial charge in [-0.05, 0) is 25.7 Å². The second-order valence-corrected chi connectivity index (χ2v) is 5.67. The molecule has 0 radical (unpaired) electrons. The molecule has 1 fully saturated rings. The van der Waals surface area contributed by atoms with Crippen molar-refractivity contribution in [2.24, 2.45) is 5.92 Å². The van der Waals surface area contributed by atoms with Gasteiger partial charge in [0.1, 0.15) is 5.82 Å². The number of aromatic nitrogens is 2. The number of nitrogens with zero attached hydrogens (tertiary/aromatic N) is 3. The Morgan fingerprint density at radius 3 is 2.95 bits per heavy atom. The van der Waals surface area contributed by atoms with Gasteiger partial charge in [0.05, 0.1) is 6.04 Å². The van der Waals surface area contributed by atoms with Crippen LogP contribution in [0.1, 0.15) is 44.5 Å². The van der Waals surface area contributed by atoms with Gasteiger partial charge in [-0.1, -0.05) is 6.92 Å². The molecule has 1 saturated heterocycles. The molecule has 2 aliphatic heterocycles. The summed E-state index contributed by atoms with van der Waals surface area (Å²) >= 11 is 0. The number of hydrogen-bond acceptors (Lipinski definition) is 3. The summed E-state index contributed by atoms with van der Waals surface area (Å²) in [7, 11) is 0. The largest absolute Gasteiger partial charge is 0.381 e. The molecule has 1 atom stereocenters. The Balaban J connectivity index is 1.82. The van der Waals surface area contributed by atoms with E-state index in [0.29, 0.717) is 5.91 Å². The van der Waals surface area contributed by atoms with Crippen molar-refractivity contribution < 1.29 is 9.53 Å². The molecular weight excluding hydrogens is 254 g/mol. The van der Waals surface area contributed by atoms with Crippen LogP contribution in [-0.2, 0) is 16.1 Å². The van der Waals surface area contributed by atoms with Gasteiger partial charge < -0.3 is 14.2 Å². The Hall–Kier alpha value is -1.36. The Labute approximate surface area is 119 Å². The molecular formula is C15H23N3O2. The van der Waals surface area contributed by atoms with Crippen LogP contribution in [0.25, 0.3) is 0 Å². The van der Waals surface area contributed by atoms with Gasteiger partial charge in [0, 0.05) is 44.6 Å². The van der Waals surface area contributed by atoms with Crippen molar-refractivity contribution in [3.05, 3.63) is 18.2 Å². The van der Waals surface area contributed by atoms with Crippen molar-refractivity contribution in [1.82, 2.24) is 14.5 Å². The number of carbonyl (C=O) groups excluding carboxylic acids is 1. The zero-order valence-corrected chi connectivity index (χ0v) is 12.1. The molecule has 110 valence electrons. The number of imidazole rings is 1. The molecule has 0 aromatic carbocycles. The lowest BCUT2D eigenvalue weighted by molar-refractivity contribution is -0.141. The van der Waals surface area contributed by atoms with E-state index in [4.69, 9.17) is 4.74 Å². The number of aryl methyl sites for hydroxylation is 1. The molecule has 5 nitrogen and oxygen atoms in total. The highest BCUT2D eigenvalue weighted by Gasteiger charge is 2.33. The van der Waals surface area contributed by atoms with E-state index < -0.39 is 0 Å². The summed E-state index contributed by atoms with van der Waals surface area (Å²) < 4.78 is 7.57. The third kappa shape index (κ3) is 2.46. The fraction of sp³-hybridized carbons (Fsp3) is 0.733. The van der Waals surface area contributed by atoms with Gasteiger partial charge in [-0.15, -0.1) is 0 Å². The van der Waals surface area contributed by atoms with Gasteiger partial charge in [-0.25, -0.2) is 4.98 Å². The SMILES string of the molecule is CCC1c2nccn2CCCN1C(=O)C1CCOCC1. The predicted molar refractivity (Wildman–Crippen MR) is 75.1 cm³/mol. The van der Waals surface area contributed by atoms with E-state index >= 15 is 0 Å². The highest BCUT2D eigenvalue weighted by Crippen LogP contribution is 2.29. The molecule has 1 unspecified atom stereocenters. The maximum absolute atomic E-state index is 12.8. The van der Waals surface area contributed by atoms with E-state index in [1.54, 1.807) is 0 Å². The van der Waals surface area contributed by atoms with E-state index in [1.807, 2.05) is 12.4 Å². The average Bonchev–Trinajstić information content (AvgIpc) is 2.88. The minimum absolute atomic E-state index is 0.128. The van der Waals surface area contributed by atoms with Crippen molar-refractivity contribution >= 4 is 5.91 Å². The van der Waals surface area contributed by atoms with Crippen LogP contribution in [0.15, 0.2) is 12.4 Å². The van der Waals surface area contributed by atoms with Gasteiger partial charge in [-0.3, -0.25) is 4.79 Å². The molecule has 20 heavy (non-hydrogen) atoms. The molecule has 2 aliphatic rings. The lowest BCUT2D eigenvalue weighted by Gasteiger charge is -2.33. The zero-order valence-electron chi connectivity index (χ0n) is 12.1. The maximum Gasteiger partial charge on any atom is 0.226 e. The summed E-state index contributed by atoms with van der Waals surface area (Å²) in [5.41, 5.74) is 0. The average molecular weight is 277 g/mol. The molecule has 3 heterocycles. The summed E-state index contributed by atoms with van der Waals surface area (Å²) in [4.78, 5) is 19.4. The summed E-state index contributed by atoms with van der Waals surface area (Å²) in [5, 5.41) is 0. The zero-order chi connectivity index (χ0) is 13.9. The maximum atomic E-state index is 12.8. The first-order valence-corrected chi connectivity index (χ1v) is 7.70. The highest BCUT2D eigenvalue weighted by atomic mass is 16.5. The van der Waals surface area contributed by atoms with E-state index in [-0.39, 0.29) is 12.0 Å². The van der Waals surface area contributed by atoms with Gasteiger partial charge in [0.2, 0.25) is 5.91 Å². The number of amides is 1. The van der Waals surface area contributed by atoms with Crippen LogP contribution in [0.5, 0.6) is 0 Å². The molecule has 5 heteroatoms. The predicted octanol–water partition coefficient (Wildman–Crippen LogP) is 1.99. The Morgan fingerprint density at radius 2 is 2.20 bits per heavy atom. The van der Waals surface area contributed by atoms with E-state index in [1.165, 1.54) is 0 Å².